The van der Waals surface area contributed by atoms with E-state index in [4.69, 9.17) is 4.74 Å². The van der Waals surface area contributed by atoms with Gasteiger partial charge in [-0.3, -0.25) is 14.4 Å². The van der Waals surface area contributed by atoms with Crippen LogP contribution in [0.15, 0.2) is 0 Å². The lowest BCUT2D eigenvalue weighted by atomic mass is 9.77. The molecule has 0 radical (unpaired) electrons. The zero-order valence-electron chi connectivity index (χ0n) is 10.1. The van der Waals surface area contributed by atoms with E-state index < -0.39 is 17.4 Å². The van der Waals surface area contributed by atoms with Gasteiger partial charge < -0.3 is 14.8 Å². The first-order valence-electron chi connectivity index (χ1n) is 5.55. The summed E-state index contributed by atoms with van der Waals surface area (Å²) in [6.45, 7) is 2.07. The molecule has 6 heteroatoms. The van der Waals surface area contributed by atoms with Gasteiger partial charge in [0.1, 0.15) is 0 Å². The van der Waals surface area contributed by atoms with Crippen molar-refractivity contribution in [2.24, 2.45) is 5.41 Å². The number of hydrogen-bond donors (Lipinski definition) is 1. The summed E-state index contributed by atoms with van der Waals surface area (Å²) in [5, 5.41) is 2.59. The van der Waals surface area contributed by atoms with Crippen LogP contribution < -0.4 is 5.32 Å². The fourth-order valence-electron chi connectivity index (χ4n) is 1.83. The molecule has 1 heterocycles. The van der Waals surface area contributed by atoms with E-state index in [0.29, 0.717) is 6.42 Å². The molecule has 0 aromatic heterocycles. The van der Waals surface area contributed by atoms with Crippen LogP contribution in [0.25, 0.3) is 0 Å². The molecule has 1 unspecified atom stereocenters. The number of hydrogen-bond acceptors (Lipinski definition) is 5. The van der Waals surface area contributed by atoms with Crippen LogP contribution in [0.4, 0.5) is 0 Å². The third-order valence-corrected chi connectivity index (χ3v) is 2.87. The summed E-state index contributed by atoms with van der Waals surface area (Å²) in [6.07, 6.45) is 0.463. The second-order valence-electron chi connectivity index (χ2n) is 4.03. The summed E-state index contributed by atoms with van der Waals surface area (Å²) < 4.78 is 9.54. The van der Waals surface area contributed by atoms with Gasteiger partial charge in [-0.15, -0.1) is 0 Å². The van der Waals surface area contributed by atoms with Crippen molar-refractivity contribution in [2.45, 2.75) is 26.2 Å². The minimum atomic E-state index is -0.975. The highest BCUT2D eigenvalue weighted by Gasteiger charge is 2.45. The molecule has 6 nitrogen and oxygen atoms in total. The maximum absolute atomic E-state index is 11.9. The van der Waals surface area contributed by atoms with Gasteiger partial charge >= 0.3 is 11.9 Å². The Morgan fingerprint density at radius 3 is 2.65 bits per heavy atom. The van der Waals surface area contributed by atoms with Gasteiger partial charge in [0, 0.05) is 13.0 Å². The number of carbonyl (C=O) groups is 3. The highest BCUT2D eigenvalue weighted by Crippen LogP contribution is 2.32. The van der Waals surface area contributed by atoms with Crippen molar-refractivity contribution in [3.63, 3.8) is 0 Å². The molecule has 1 fully saturated rings. The molecule has 1 atom stereocenters. The number of piperidine rings is 1. The maximum atomic E-state index is 11.9. The molecule has 17 heavy (non-hydrogen) atoms. The van der Waals surface area contributed by atoms with Crippen molar-refractivity contribution in [1.82, 2.24) is 5.32 Å². The highest BCUT2D eigenvalue weighted by atomic mass is 16.5. The lowest BCUT2D eigenvalue weighted by molar-refractivity contribution is -0.163. The van der Waals surface area contributed by atoms with E-state index in [-0.39, 0.29) is 31.9 Å². The summed E-state index contributed by atoms with van der Waals surface area (Å²) in [6, 6.07) is 0. The molecule has 0 bridgehead atoms. The van der Waals surface area contributed by atoms with Gasteiger partial charge in [0.15, 0.2) is 0 Å². The number of amides is 1. The normalized spacial score (nSPS) is 23.8. The Balaban J connectivity index is 2.80. The van der Waals surface area contributed by atoms with E-state index >= 15 is 0 Å². The number of carbonyl (C=O) groups excluding carboxylic acids is 3. The number of methoxy groups -OCH3 is 1. The van der Waals surface area contributed by atoms with E-state index in [9.17, 15) is 14.4 Å². The van der Waals surface area contributed by atoms with Crippen LogP contribution in [0.2, 0.25) is 0 Å². The van der Waals surface area contributed by atoms with Gasteiger partial charge in [0.25, 0.3) is 0 Å². The van der Waals surface area contributed by atoms with Crippen LogP contribution in [0.3, 0.4) is 0 Å². The monoisotopic (exact) mass is 243 g/mol. The van der Waals surface area contributed by atoms with Crippen LogP contribution in [0.5, 0.6) is 0 Å². The molecule has 1 aliphatic rings. The summed E-state index contributed by atoms with van der Waals surface area (Å²) in [7, 11) is 1.27. The van der Waals surface area contributed by atoms with Gasteiger partial charge in [0.05, 0.1) is 25.6 Å². The average molecular weight is 243 g/mol. The average Bonchev–Trinajstić information content (AvgIpc) is 2.32. The Bertz CT molecular complexity index is 316. The number of rotatable bonds is 4. The molecule has 1 aliphatic heterocycles. The molecule has 1 amide bonds. The molecular formula is C11H17NO5. The van der Waals surface area contributed by atoms with E-state index in [1.54, 1.807) is 6.92 Å². The second kappa shape index (κ2) is 5.65. The Hall–Kier alpha value is -1.59. The van der Waals surface area contributed by atoms with E-state index in [0.717, 1.165) is 0 Å². The quantitative estimate of drug-likeness (QED) is 0.703. The topological polar surface area (TPSA) is 81.7 Å². The molecule has 0 aromatic rings. The van der Waals surface area contributed by atoms with Gasteiger partial charge in [-0.1, -0.05) is 0 Å². The standard InChI is InChI=1S/C11H17NO5/c1-3-17-10(15)11(6-9(14)16-2)5-4-8(13)12-7-11/h3-7H2,1-2H3,(H,12,13). The third-order valence-electron chi connectivity index (χ3n) is 2.87. The van der Waals surface area contributed by atoms with Crippen molar-refractivity contribution >= 4 is 17.8 Å². The largest absolute Gasteiger partial charge is 0.469 e. The smallest absolute Gasteiger partial charge is 0.314 e. The van der Waals surface area contributed by atoms with Crippen molar-refractivity contribution in [3.8, 4) is 0 Å². The second-order valence-corrected chi connectivity index (χ2v) is 4.03. The molecule has 0 spiro atoms. The highest BCUT2D eigenvalue weighted by molar-refractivity contribution is 5.87. The molecule has 0 saturated carbocycles. The van der Waals surface area contributed by atoms with Crippen molar-refractivity contribution in [2.75, 3.05) is 20.3 Å². The molecule has 1 saturated heterocycles. The molecule has 0 aliphatic carbocycles. The fourth-order valence-corrected chi connectivity index (χ4v) is 1.83. The molecule has 1 rings (SSSR count). The van der Waals surface area contributed by atoms with Gasteiger partial charge in [-0.2, -0.15) is 0 Å². The van der Waals surface area contributed by atoms with Crippen LogP contribution in [0, 0.1) is 5.41 Å². The first-order valence-corrected chi connectivity index (χ1v) is 5.55. The van der Waals surface area contributed by atoms with Crippen LogP contribution in [-0.4, -0.2) is 38.1 Å². The molecular weight excluding hydrogens is 226 g/mol. The maximum Gasteiger partial charge on any atom is 0.314 e. The van der Waals surface area contributed by atoms with E-state index in [1.807, 2.05) is 0 Å². The van der Waals surface area contributed by atoms with Gasteiger partial charge in [-0.05, 0) is 13.3 Å². The zero-order chi connectivity index (χ0) is 12.9. The lowest BCUT2D eigenvalue weighted by Crippen LogP contribution is -2.49. The van der Waals surface area contributed by atoms with E-state index in [2.05, 4.69) is 10.1 Å². The zero-order valence-corrected chi connectivity index (χ0v) is 10.1. The number of nitrogens with one attached hydrogen (secondary N) is 1. The first-order chi connectivity index (χ1) is 8.04. The molecule has 96 valence electrons. The molecule has 0 aromatic carbocycles. The Morgan fingerprint density at radius 2 is 2.18 bits per heavy atom. The van der Waals surface area contributed by atoms with Crippen LogP contribution in [0.1, 0.15) is 26.2 Å². The predicted molar refractivity (Wildman–Crippen MR) is 57.9 cm³/mol. The van der Waals surface area contributed by atoms with Crippen LogP contribution >= 0.6 is 0 Å². The molecule has 1 N–H and O–H groups in total. The Morgan fingerprint density at radius 1 is 1.47 bits per heavy atom. The van der Waals surface area contributed by atoms with Crippen molar-refractivity contribution in [1.29, 1.82) is 0 Å². The minimum absolute atomic E-state index is 0.0669. The number of esters is 2. The SMILES string of the molecule is CCOC(=O)C1(CC(=O)OC)CCC(=O)NC1. The summed E-state index contributed by atoms with van der Waals surface area (Å²) in [4.78, 5) is 34.3. The summed E-state index contributed by atoms with van der Waals surface area (Å²) >= 11 is 0. The third kappa shape index (κ3) is 3.18. The van der Waals surface area contributed by atoms with Gasteiger partial charge in [0.2, 0.25) is 5.91 Å². The predicted octanol–water partition coefficient (Wildman–Crippen LogP) is 0.00900. The minimum Gasteiger partial charge on any atom is -0.469 e. The number of ether oxygens (including phenoxy) is 2. The van der Waals surface area contributed by atoms with E-state index in [1.165, 1.54) is 7.11 Å². The summed E-state index contributed by atoms with van der Waals surface area (Å²) in [5.41, 5.74) is -0.975. The Kier molecular flexibility index (Phi) is 4.48. The fraction of sp³-hybridized carbons (Fsp3) is 0.727. The first kappa shape index (κ1) is 13.5. The summed E-state index contributed by atoms with van der Waals surface area (Å²) in [5.74, 6) is -1.05. The van der Waals surface area contributed by atoms with Crippen molar-refractivity contribution < 1.29 is 23.9 Å². The van der Waals surface area contributed by atoms with Crippen LogP contribution in [-0.2, 0) is 23.9 Å². The Labute approximate surface area is 99.6 Å². The van der Waals surface area contributed by atoms with Crippen molar-refractivity contribution in [3.05, 3.63) is 0 Å². The lowest BCUT2D eigenvalue weighted by Gasteiger charge is -2.33. The van der Waals surface area contributed by atoms with Gasteiger partial charge in [-0.25, -0.2) is 0 Å².